The zero-order valence-electron chi connectivity index (χ0n) is 15.0. The number of hydrogen-bond donors (Lipinski definition) is 2. The average molecular weight is 326 g/mol. The molecule has 1 unspecified atom stereocenters. The first-order valence-electron chi connectivity index (χ1n) is 9.25. The predicted octanol–water partition coefficient (Wildman–Crippen LogP) is 1.79. The van der Waals surface area contributed by atoms with Crippen molar-refractivity contribution in [2.24, 2.45) is 11.3 Å². The third-order valence-electron chi connectivity index (χ3n) is 5.79. The Hall–Kier alpha value is -0.650. The molecule has 0 aromatic carbocycles. The van der Waals surface area contributed by atoms with E-state index in [1.54, 1.807) is 0 Å². The number of amides is 1. The first kappa shape index (κ1) is 18.7. The minimum absolute atomic E-state index is 0.0260. The molecule has 0 bridgehead atoms. The van der Waals surface area contributed by atoms with E-state index in [1.807, 2.05) is 4.90 Å². The molecule has 0 spiro atoms. The lowest BCUT2D eigenvalue weighted by Gasteiger charge is -2.42. The van der Waals surface area contributed by atoms with Crippen LogP contribution in [-0.4, -0.2) is 60.9 Å². The number of rotatable bonds is 6. The van der Waals surface area contributed by atoms with Gasteiger partial charge in [-0.3, -0.25) is 4.79 Å². The number of ether oxygens (including phenoxy) is 1. The first-order chi connectivity index (χ1) is 11.0. The van der Waals surface area contributed by atoms with Crippen molar-refractivity contribution in [1.29, 1.82) is 0 Å². The lowest BCUT2D eigenvalue weighted by atomic mass is 9.77. The number of nitrogens with one attached hydrogen (secondary N) is 1. The molecule has 1 atom stereocenters. The Morgan fingerprint density at radius 3 is 2.39 bits per heavy atom. The second-order valence-electron chi connectivity index (χ2n) is 7.61. The summed E-state index contributed by atoms with van der Waals surface area (Å²) in [4.78, 5) is 15.0. The van der Waals surface area contributed by atoms with Gasteiger partial charge in [-0.25, -0.2) is 0 Å². The summed E-state index contributed by atoms with van der Waals surface area (Å²) >= 11 is 0. The summed E-state index contributed by atoms with van der Waals surface area (Å²) in [7, 11) is 0. The van der Waals surface area contributed by atoms with Gasteiger partial charge in [-0.2, -0.15) is 0 Å². The number of carbonyl (C=O) groups excluding carboxylic acids is 1. The molecule has 2 heterocycles. The summed E-state index contributed by atoms with van der Waals surface area (Å²) in [6, 6.07) is 0.276. The van der Waals surface area contributed by atoms with E-state index in [0.29, 0.717) is 6.04 Å². The number of nitrogens with zero attached hydrogens (tertiary/aromatic N) is 1. The minimum atomic E-state index is -0.110. The van der Waals surface area contributed by atoms with Gasteiger partial charge in [0.1, 0.15) is 0 Å². The molecule has 0 saturated carbocycles. The fourth-order valence-electron chi connectivity index (χ4n) is 3.69. The fourth-order valence-corrected chi connectivity index (χ4v) is 3.69. The molecule has 0 radical (unpaired) electrons. The first-order valence-corrected chi connectivity index (χ1v) is 9.25. The molecular formula is C18H34N2O3. The Kier molecular flexibility index (Phi) is 6.86. The Morgan fingerprint density at radius 2 is 1.91 bits per heavy atom. The lowest BCUT2D eigenvalue weighted by molar-refractivity contribution is -0.138. The van der Waals surface area contributed by atoms with Crippen LogP contribution in [0.15, 0.2) is 0 Å². The summed E-state index contributed by atoms with van der Waals surface area (Å²) in [6.45, 7) is 9.71. The van der Waals surface area contributed by atoms with Gasteiger partial charge < -0.3 is 20.1 Å². The van der Waals surface area contributed by atoms with Crippen LogP contribution in [0.3, 0.4) is 0 Å². The zero-order valence-corrected chi connectivity index (χ0v) is 15.0. The van der Waals surface area contributed by atoms with E-state index in [4.69, 9.17) is 4.74 Å². The number of piperidine rings is 1. The Morgan fingerprint density at radius 1 is 1.30 bits per heavy atom. The molecule has 5 heteroatoms. The molecule has 23 heavy (non-hydrogen) atoms. The molecule has 2 aliphatic rings. The highest BCUT2D eigenvalue weighted by molar-refractivity contribution is 5.82. The molecule has 134 valence electrons. The molecule has 2 aliphatic heterocycles. The van der Waals surface area contributed by atoms with Crippen LogP contribution in [0.25, 0.3) is 0 Å². The molecule has 2 saturated heterocycles. The van der Waals surface area contributed by atoms with Gasteiger partial charge in [-0.1, -0.05) is 20.8 Å². The van der Waals surface area contributed by atoms with E-state index in [2.05, 4.69) is 26.1 Å². The average Bonchev–Trinajstić information content (AvgIpc) is 2.60. The van der Waals surface area contributed by atoms with E-state index in [9.17, 15) is 9.90 Å². The number of aliphatic hydroxyl groups excluding tert-OH is 1. The van der Waals surface area contributed by atoms with E-state index < -0.39 is 0 Å². The van der Waals surface area contributed by atoms with E-state index in [0.717, 1.165) is 58.4 Å². The summed E-state index contributed by atoms with van der Waals surface area (Å²) in [5, 5.41) is 13.2. The van der Waals surface area contributed by atoms with Gasteiger partial charge in [-0.05, 0) is 43.4 Å². The number of aliphatic hydroxyl groups is 1. The highest BCUT2D eigenvalue weighted by atomic mass is 16.5. The monoisotopic (exact) mass is 326 g/mol. The summed E-state index contributed by atoms with van der Waals surface area (Å²) in [5.74, 6) is 0.509. The van der Waals surface area contributed by atoms with Crippen LogP contribution in [-0.2, 0) is 9.53 Å². The van der Waals surface area contributed by atoms with E-state index >= 15 is 0 Å². The topological polar surface area (TPSA) is 61.8 Å². The van der Waals surface area contributed by atoms with Crippen molar-refractivity contribution < 1.29 is 14.6 Å². The number of carbonyl (C=O) groups is 1. The Labute approximate surface area is 140 Å². The summed E-state index contributed by atoms with van der Waals surface area (Å²) < 4.78 is 5.41. The molecule has 1 amide bonds. The number of likely N-dealkylation sites (tertiary alicyclic amines) is 1. The van der Waals surface area contributed by atoms with Crippen LogP contribution in [0.4, 0.5) is 0 Å². The third-order valence-corrected chi connectivity index (χ3v) is 5.79. The summed E-state index contributed by atoms with van der Waals surface area (Å²) in [5.41, 5.74) is 0.0260. The molecule has 2 rings (SSSR count). The van der Waals surface area contributed by atoms with Crippen molar-refractivity contribution in [1.82, 2.24) is 10.2 Å². The predicted molar refractivity (Wildman–Crippen MR) is 91.2 cm³/mol. The molecule has 0 aliphatic carbocycles. The van der Waals surface area contributed by atoms with Crippen LogP contribution >= 0.6 is 0 Å². The van der Waals surface area contributed by atoms with Crippen LogP contribution in [0, 0.1) is 11.3 Å². The van der Waals surface area contributed by atoms with Gasteiger partial charge in [0.2, 0.25) is 5.91 Å². The van der Waals surface area contributed by atoms with Crippen molar-refractivity contribution in [3.63, 3.8) is 0 Å². The van der Waals surface area contributed by atoms with Crippen LogP contribution in [0.1, 0.15) is 52.9 Å². The third kappa shape index (κ3) is 4.68. The lowest BCUT2D eigenvalue weighted by Crippen LogP contribution is -2.55. The standard InChI is InChI=1S/C18H34N2O3/c1-4-18(13-21)7-9-20(10-8-18)17(22)16(14(2)3)19-15-5-11-23-12-6-15/h14-16,19,21H,4-13H2,1-3H3. The zero-order chi connectivity index (χ0) is 16.9. The molecule has 2 N–H and O–H groups in total. The fraction of sp³-hybridized carbons (Fsp3) is 0.944. The number of hydrogen-bond acceptors (Lipinski definition) is 4. The largest absolute Gasteiger partial charge is 0.396 e. The molecule has 2 fully saturated rings. The van der Waals surface area contributed by atoms with Gasteiger partial charge in [-0.15, -0.1) is 0 Å². The summed E-state index contributed by atoms with van der Waals surface area (Å²) in [6.07, 6.45) is 4.78. The molecular weight excluding hydrogens is 292 g/mol. The Bertz CT molecular complexity index is 366. The van der Waals surface area contributed by atoms with E-state index in [-0.39, 0.29) is 29.9 Å². The second kappa shape index (κ2) is 8.45. The highest BCUT2D eigenvalue weighted by Crippen LogP contribution is 2.34. The molecule has 0 aromatic rings. The van der Waals surface area contributed by atoms with Gasteiger partial charge in [0.15, 0.2) is 0 Å². The van der Waals surface area contributed by atoms with Crippen molar-refractivity contribution in [2.75, 3.05) is 32.9 Å². The smallest absolute Gasteiger partial charge is 0.239 e. The minimum Gasteiger partial charge on any atom is -0.396 e. The van der Waals surface area contributed by atoms with Crippen LogP contribution in [0.2, 0.25) is 0 Å². The highest BCUT2D eigenvalue weighted by Gasteiger charge is 2.37. The van der Waals surface area contributed by atoms with Crippen molar-refractivity contribution in [2.45, 2.75) is 65.0 Å². The van der Waals surface area contributed by atoms with Crippen LogP contribution < -0.4 is 5.32 Å². The van der Waals surface area contributed by atoms with Gasteiger partial charge >= 0.3 is 0 Å². The second-order valence-corrected chi connectivity index (χ2v) is 7.61. The maximum atomic E-state index is 13.0. The van der Waals surface area contributed by atoms with E-state index in [1.165, 1.54) is 0 Å². The van der Waals surface area contributed by atoms with Gasteiger partial charge in [0.05, 0.1) is 6.04 Å². The maximum Gasteiger partial charge on any atom is 0.239 e. The molecule has 5 nitrogen and oxygen atoms in total. The van der Waals surface area contributed by atoms with Crippen molar-refractivity contribution >= 4 is 5.91 Å². The SMILES string of the molecule is CCC1(CO)CCN(C(=O)C(NC2CCOCC2)C(C)C)CC1. The Balaban J connectivity index is 1.93. The van der Waals surface area contributed by atoms with Crippen molar-refractivity contribution in [3.05, 3.63) is 0 Å². The van der Waals surface area contributed by atoms with Gasteiger partial charge in [0.25, 0.3) is 0 Å². The molecule has 0 aromatic heterocycles. The van der Waals surface area contributed by atoms with Gasteiger partial charge in [0, 0.05) is 39.0 Å². The maximum absolute atomic E-state index is 13.0. The van der Waals surface area contributed by atoms with Crippen LogP contribution in [0.5, 0.6) is 0 Å². The normalized spacial score (nSPS) is 24.0. The van der Waals surface area contributed by atoms with Crippen molar-refractivity contribution in [3.8, 4) is 0 Å². The quantitative estimate of drug-likeness (QED) is 0.781.